The van der Waals surface area contributed by atoms with Crippen molar-refractivity contribution < 1.29 is 24.2 Å². The summed E-state index contributed by atoms with van der Waals surface area (Å²) in [6, 6.07) is 4.64. The van der Waals surface area contributed by atoms with E-state index < -0.39 is 5.97 Å². The maximum Gasteiger partial charge on any atom is 0.303 e. The van der Waals surface area contributed by atoms with Gasteiger partial charge in [0, 0.05) is 19.0 Å². The first-order chi connectivity index (χ1) is 8.93. The van der Waals surface area contributed by atoms with Crippen LogP contribution >= 0.6 is 0 Å². The molecular weight excluding hydrogens is 250 g/mol. The summed E-state index contributed by atoms with van der Waals surface area (Å²) in [5.74, 6) is -1.28. The van der Waals surface area contributed by atoms with Gasteiger partial charge in [-0.05, 0) is 18.2 Å². The lowest BCUT2D eigenvalue weighted by molar-refractivity contribution is -0.137. The quantitative estimate of drug-likeness (QED) is 0.764. The Bertz CT molecular complexity index is 510. The largest absolute Gasteiger partial charge is 0.496 e. The van der Waals surface area contributed by atoms with E-state index in [2.05, 4.69) is 5.32 Å². The predicted molar refractivity (Wildman–Crippen MR) is 68.5 cm³/mol. The minimum Gasteiger partial charge on any atom is -0.496 e. The van der Waals surface area contributed by atoms with E-state index in [4.69, 9.17) is 9.84 Å². The molecule has 1 aromatic carbocycles. The molecular formula is C13H15NO5. The number of ether oxygens (including phenoxy) is 1. The monoisotopic (exact) mass is 265 g/mol. The number of carboxylic acid groups (broad SMARTS) is 1. The number of rotatable bonds is 6. The van der Waals surface area contributed by atoms with Gasteiger partial charge in [-0.25, -0.2) is 0 Å². The molecule has 0 heterocycles. The SMILES string of the molecule is COc1ccc(NC(C)=O)cc1C(=O)CCC(=O)O. The van der Waals surface area contributed by atoms with Crippen molar-refractivity contribution in [2.45, 2.75) is 19.8 Å². The van der Waals surface area contributed by atoms with Crippen LogP contribution in [0.3, 0.4) is 0 Å². The number of hydrogen-bond donors (Lipinski definition) is 2. The smallest absolute Gasteiger partial charge is 0.303 e. The molecule has 0 radical (unpaired) electrons. The van der Waals surface area contributed by atoms with Gasteiger partial charge in [0.25, 0.3) is 0 Å². The van der Waals surface area contributed by atoms with E-state index in [9.17, 15) is 14.4 Å². The molecule has 0 spiro atoms. The van der Waals surface area contributed by atoms with Gasteiger partial charge in [-0.1, -0.05) is 0 Å². The number of nitrogens with one attached hydrogen (secondary N) is 1. The Labute approximate surface area is 110 Å². The van der Waals surface area contributed by atoms with Gasteiger partial charge in [-0.15, -0.1) is 0 Å². The number of carboxylic acids is 1. The highest BCUT2D eigenvalue weighted by atomic mass is 16.5. The number of carbonyl (C=O) groups is 3. The van der Waals surface area contributed by atoms with E-state index in [-0.39, 0.29) is 30.1 Å². The molecule has 0 saturated heterocycles. The van der Waals surface area contributed by atoms with Crippen LogP contribution in [0, 0.1) is 0 Å². The zero-order chi connectivity index (χ0) is 14.4. The molecule has 0 aliphatic rings. The lowest BCUT2D eigenvalue weighted by Gasteiger charge is -2.10. The van der Waals surface area contributed by atoms with Crippen LogP contribution in [0.4, 0.5) is 5.69 Å². The highest BCUT2D eigenvalue weighted by molar-refractivity contribution is 6.01. The minimum atomic E-state index is -1.04. The number of amides is 1. The molecule has 0 saturated carbocycles. The molecule has 0 aliphatic carbocycles. The Balaban J connectivity index is 2.97. The van der Waals surface area contributed by atoms with Crippen molar-refractivity contribution in [3.8, 4) is 5.75 Å². The van der Waals surface area contributed by atoms with Crippen molar-refractivity contribution in [1.29, 1.82) is 0 Å². The number of methoxy groups -OCH3 is 1. The Kier molecular flexibility index (Phi) is 5.05. The lowest BCUT2D eigenvalue weighted by atomic mass is 10.0. The average molecular weight is 265 g/mol. The van der Waals surface area contributed by atoms with Crippen LogP contribution < -0.4 is 10.1 Å². The first-order valence-electron chi connectivity index (χ1n) is 5.64. The topological polar surface area (TPSA) is 92.7 Å². The third-order valence-electron chi connectivity index (χ3n) is 2.39. The number of benzene rings is 1. The summed E-state index contributed by atoms with van der Waals surface area (Å²) in [7, 11) is 1.42. The first kappa shape index (κ1) is 14.7. The van der Waals surface area contributed by atoms with Gasteiger partial charge in [-0.3, -0.25) is 14.4 Å². The van der Waals surface area contributed by atoms with Crippen LogP contribution in [-0.4, -0.2) is 29.9 Å². The third kappa shape index (κ3) is 4.42. The van der Waals surface area contributed by atoms with Crippen LogP contribution in [0.5, 0.6) is 5.75 Å². The van der Waals surface area contributed by atoms with Crippen molar-refractivity contribution in [3.05, 3.63) is 23.8 Å². The maximum absolute atomic E-state index is 11.9. The van der Waals surface area contributed by atoms with Gasteiger partial charge in [0.2, 0.25) is 5.91 Å². The minimum absolute atomic E-state index is 0.116. The number of ketones is 1. The maximum atomic E-state index is 11.9. The molecule has 0 aliphatic heterocycles. The number of hydrogen-bond acceptors (Lipinski definition) is 4. The Hall–Kier alpha value is -2.37. The van der Waals surface area contributed by atoms with E-state index in [1.54, 1.807) is 12.1 Å². The number of carbonyl (C=O) groups excluding carboxylic acids is 2. The van der Waals surface area contributed by atoms with Crippen molar-refractivity contribution in [2.75, 3.05) is 12.4 Å². The molecule has 0 unspecified atom stereocenters. The zero-order valence-corrected chi connectivity index (χ0v) is 10.7. The van der Waals surface area contributed by atoms with Crippen molar-refractivity contribution in [3.63, 3.8) is 0 Å². The summed E-state index contributed by atoms with van der Waals surface area (Å²) < 4.78 is 5.05. The summed E-state index contributed by atoms with van der Waals surface area (Å²) in [4.78, 5) is 33.3. The van der Waals surface area contributed by atoms with Gasteiger partial charge in [0.05, 0.1) is 19.1 Å². The van der Waals surface area contributed by atoms with E-state index in [1.165, 1.54) is 20.1 Å². The Morgan fingerprint density at radius 2 is 1.95 bits per heavy atom. The summed E-state index contributed by atoms with van der Waals surface area (Å²) in [5.41, 5.74) is 0.724. The van der Waals surface area contributed by atoms with Gasteiger partial charge in [0.15, 0.2) is 5.78 Å². The number of anilines is 1. The molecule has 1 rings (SSSR count). The molecule has 1 aromatic rings. The van der Waals surface area contributed by atoms with Gasteiger partial charge < -0.3 is 15.2 Å². The molecule has 2 N–H and O–H groups in total. The van der Waals surface area contributed by atoms with E-state index in [0.717, 1.165) is 0 Å². The van der Waals surface area contributed by atoms with Crippen LogP contribution in [0.2, 0.25) is 0 Å². The molecule has 0 fully saturated rings. The molecule has 102 valence electrons. The number of Topliss-reactive ketones (excluding diaryl/α,β-unsaturated/α-hetero) is 1. The molecule has 6 heteroatoms. The summed E-state index contributed by atoms with van der Waals surface area (Å²) in [6.07, 6.45) is -0.360. The van der Waals surface area contributed by atoms with Crippen LogP contribution in [0.1, 0.15) is 30.1 Å². The second kappa shape index (κ2) is 6.53. The Morgan fingerprint density at radius 3 is 2.47 bits per heavy atom. The highest BCUT2D eigenvalue weighted by Gasteiger charge is 2.14. The standard InChI is InChI=1S/C13H15NO5/c1-8(15)14-9-3-5-12(19-2)10(7-9)11(16)4-6-13(17)18/h3,5,7H,4,6H2,1-2H3,(H,14,15)(H,17,18). The second-order valence-corrected chi connectivity index (χ2v) is 3.91. The van der Waals surface area contributed by atoms with Gasteiger partial charge >= 0.3 is 5.97 Å². The summed E-state index contributed by atoms with van der Waals surface area (Å²) in [5, 5.41) is 11.1. The van der Waals surface area contributed by atoms with E-state index in [0.29, 0.717) is 11.4 Å². The number of aliphatic carboxylic acids is 1. The molecule has 0 aromatic heterocycles. The summed E-state index contributed by atoms with van der Waals surface area (Å²) in [6.45, 7) is 1.36. The van der Waals surface area contributed by atoms with E-state index >= 15 is 0 Å². The lowest BCUT2D eigenvalue weighted by Crippen LogP contribution is -2.09. The molecule has 19 heavy (non-hydrogen) atoms. The van der Waals surface area contributed by atoms with Crippen LogP contribution in [-0.2, 0) is 9.59 Å². The fourth-order valence-electron chi connectivity index (χ4n) is 1.56. The Morgan fingerprint density at radius 1 is 1.26 bits per heavy atom. The van der Waals surface area contributed by atoms with Crippen molar-refractivity contribution >= 4 is 23.3 Å². The van der Waals surface area contributed by atoms with Crippen LogP contribution in [0.25, 0.3) is 0 Å². The normalized spacial score (nSPS) is 9.79. The van der Waals surface area contributed by atoms with E-state index in [1.807, 2.05) is 0 Å². The first-order valence-corrected chi connectivity index (χ1v) is 5.64. The molecule has 6 nitrogen and oxygen atoms in total. The van der Waals surface area contributed by atoms with Crippen molar-refractivity contribution in [1.82, 2.24) is 0 Å². The van der Waals surface area contributed by atoms with Crippen LogP contribution in [0.15, 0.2) is 18.2 Å². The fraction of sp³-hybridized carbons (Fsp3) is 0.308. The second-order valence-electron chi connectivity index (χ2n) is 3.91. The van der Waals surface area contributed by atoms with Gasteiger partial charge in [0.1, 0.15) is 5.75 Å². The third-order valence-corrected chi connectivity index (χ3v) is 2.39. The molecule has 1 amide bonds. The highest BCUT2D eigenvalue weighted by Crippen LogP contribution is 2.24. The zero-order valence-electron chi connectivity index (χ0n) is 10.7. The fourth-order valence-corrected chi connectivity index (χ4v) is 1.56. The molecule has 0 bridgehead atoms. The van der Waals surface area contributed by atoms with Crippen molar-refractivity contribution in [2.24, 2.45) is 0 Å². The average Bonchev–Trinajstić information content (AvgIpc) is 2.35. The summed E-state index contributed by atoms with van der Waals surface area (Å²) >= 11 is 0. The van der Waals surface area contributed by atoms with Gasteiger partial charge in [-0.2, -0.15) is 0 Å². The molecule has 0 atom stereocenters. The predicted octanol–water partition coefficient (Wildman–Crippen LogP) is 1.70.